The van der Waals surface area contributed by atoms with Gasteiger partial charge in [-0.2, -0.15) is 0 Å². The molecule has 2 heterocycles. The van der Waals surface area contributed by atoms with E-state index in [0.717, 1.165) is 48.4 Å². The standard InChI is InChI=1S/C25H34N4O2/c1-28(2)25-26-17-21(19-11-13-20(31-3)14-12-19)24(27-25)22-10-6-7-15-29(22)23(30)16-18-8-4-5-9-18/h11-14,17-18,22H,4-10,15-16H2,1-3H3/t22-/m1/s1. The van der Waals surface area contributed by atoms with Gasteiger partial charge in [0.15, 0.2) is 0 Å². The number of hydrogen-bond acceptors (Lipinski definition) is 5. The number of piperidine rings is 1. The van der Waals surface area contributed by atoms with Crippen LogP contribution in [-0.2, 0) is 4.79 Å². The molecule has 0 bridgehead atoms. The molecule has 6 nitrogen and oxygen atoms in total. The number of hydrogen-bond donors (Lipinski definition) is 0. The second-order valence-corrected chi connectivity index (χ2v) is 9.05. The van der Waals surface area contributed by atoms with Gasteiger partial charge in [-0.05, 0) is 55.7 Å². The molecule has 0 N–H and O–H groups in total. The van der Waals surface area contributed by atoms with Crippen molar-refractivity contribution in [1.82, 2.24) is 14.9 Å². The third-order valence-corrected chi connectivity index (χ3v) is 6.68. The lowest BCUT2D eigenvalue weighted by atomic mass is 9.92. The summed E-state index contributed by atoms with van der Waals surface area (Å²) in [6.45, 7) is 0.819. The Morgan fingerprint density at radius 3 is 2.48 bits per heavy atom. The molecule has 0 spiro atoms. The predicted molar refractivity (Wildman–Crippen MR) is 123 cm³/mol. The molecule has 1 aliphatic heterocycles. The van der Waals surface area contributed by atoms with Gasteiger partial charge in [-0.15, -0.1) is 0 Å². The fourth-order valence-electron chi connectivity index (χ4n) is 4.94. The van der Waals surface area contributed by atoms with E-state index in [1.54, 1.807) is 7.11 Å². The fourth-order valence-corrected chi connectivity index (χ4v) is 4.94. The van der Waals surface area contributed by atoms with Crippen LogP contribution in [-0.4, -0.2) is 48.5 Å². The van der Waals surface area contributed by atoms with Gasteiger partial charge in [0.05, 0.1) is 18.8 Å². The normalized spacial score (nSPS) is 19.5. The van der Waals surface area contributed by atoms with Gasteiger partial charge in [0, 0.05) is 38.8 Å². The number of ether oxygens (including phenoxy) is 1. The van der Waals surface area contributed by atoms with Crippen LogP contribution < -0.4 is 9.64 Å². The first-order valence-corrected chi connectivity index (χ1v) is 11.5. The molecule has 31 heavy (non-hydrogen) atoms. The molecular formula is C25H34N4O2. The Balaban J connectivity index is 1.69. The number of aromatic nitrogens is 2. The first-order chi connectivity index (χ1) is 15.1. The van der Waals surface area contributed by atoms with Crippen molar-refractivity contribution in [2.24, 2.45) is 5.92 Å². The molecule has 1 atom stereocenters. The Labute approximate surface area is 185 Å². The first-order valence-electron chi connectivity index (χ1n) is 11.5. The number of anilines is 1. The maximum Gasteiger partial charge on any atom is 0.225 e. The van der Waals surface area contributed by atoms with Crippen LogP contribution >= 0.6 is 0 Å². The number of likely N-dealkylation sites (tertiary alicyclic amines) is 1. The van der Waals surface area contributed by atoms with E-state index in [4.69, 9.17) is 9.72 Å². The number of nitrogens with zero attached hydrogens (tertiary/aromatic N) is 4. The lowest BCUT2D eigenvalue weighted by Gasteiger charge is -2.37. The lowest BCUT2D eigenvalue weighted by molar-refractivity contribution is -0.136. The van der Waals surface area contributed by atoms with Gasteiger partial charge < -0.3 is 14.5 Å². The number of amides is 1. The number of carbonyl (C=O) groups excluding carboxylic acids is 1. The smallest absolute Gasteiger partial charge is 0.225 e. The van der Waals surface area contributed by atoms with Crippen molar-refractivity contribution in [3.8, 4) is 16.9 Å². The SMILES string of the molecule is COc1ccc(-c2cnc(N(C)C)nc2[C@H]2CCCCN2C(=O)CC2CCCC2)cc1. The average Bonchev–Trinajstić information content (AvgIpc) is 3.31. The maximum absolute atomic E-state index is 13.3. The highest BCUT2D eigenvalue weighted by molar-refractivity contribution is 5.78. The van der Waals surface area contributed by atoms with Gasteiger partial charge in [0.2, 0.25) is 11.9 Å². The Kier molecular flexibility index (Phi) is 6.73. The zero-order chi connectivity index (χ0) is 21.8. The molecule has 1 saturated carbocycles. The molecule has 1 aromatic carbocycles. The minimum Gasteiger partial charge on any atom is -0.497 e. The summed E-state index contributed by atoms with van der Waals surface area (Å²) >= 11 is 0. The zero-order valence-electron chi connectivity index (χ0n) is 19.0. The van der Waals surface area contributed by atoms with Crippen molar-refractivity contribution in [3.05, 3.63) is 36.2 Å². The van der Waals surface area contributed by atoms with Gasteiger partial charge in [-0.3, -0.25) is 4.79 Å². The summed E-state index contributed by atoms with van der Waals surface area (Å²) in [5, 5.41) is 0. The zero-order valence-corrected chi connectivity index (χ0v) is 19.0. The molecular weight excluding hydrogens is 388 g/mol. The highest BCUT2D eigenvalue weighted by Crippen LogP contribution is 2.38. The Morgan fingerprint density at radius 2 is 1.81 bits per heavy atom. The van der Waals surface area contributed by atoms with E-state index < -0.39 is 0 Å². The van der Waals surface area contributed by atoms with Crippen molar-refractivity contribution in [2.45, 2.75) is 57.4 Å². The second-order valence-electron chi connectivity index (χ2n) is 9.05. The summed E-state index contributed by atoms with van der Waals surface area (Å²) in [7, 11) is 5.58. The summed E-state index contributed by atoms with van der Waals surface area (Å²) in [4.78, 5) is 26.9. The van der Waals surface area contributed by atoms with Crippen LogP contribution in [0.15, 0.2) is 30.5 Å². The number of benzene rings is 1. The molecule has 0 unspecified atom stereocenters. The van der Waals surface area contributed by atoms with E-state index in [1.807, 2.05) is 49.5 Å². The molecule has 1 aromatic heterocycles. The Hall–Kier alpha value is -2.63. The van der Waals surface area contributed by atoms with Gasteiger partial charge in [0.1, 0.15) is 5.75 Å². The minimum atomic E-state index is 0.00135. The molecule has 2 fully saturated rings. The van der Waals surface area contributed by atoms with E-state index in [-0.39, 0.29) is 6.04 Å². The summed E-state index contributed by atoms with van der Waals surface area (Å²) in [5.41, 5.74) is 3.01. The van der Waals surface area contributed by atoms with E-state index >= 15 is 0 Å². The summed E-state index contributed by atoms with van der Waals surface area (Å²) in [6, 6.07) is 8.01. The highest BCUT2D eigenvalue weighted by atomic mass is 16.5. The van der Waals surface area contributed by atoms with Crippen LogP contribution in [0.2, 0.25) is 0 Å². The molecule has 1 saturated heterocycles. The summed E-state index contributed by atoms with van der Waals surface area (Å²) < 4.78 is 5.32. The van der Waals surface area contributed by atoms with Crippen LogP contribution in [0.1, 0.15) is 63.1 Å². The molecule has 166 valence electrons. The van der Waals surface area contributed by atoms with Gasteiger partial charge in [-0.1, -0.05) is 25.0 Å². The molecule has 1 amide bonds. The monoisotopic (exact) mass is 422 g/mol. The van der Waals surface area contributed by atoms with E-state index in [2.05, 4.69) is 9.88 Å². The average molecular weight is 423 g/mol. The number of methoxy groups -OCH3 is 1. The molecule has 1 aliphatic carbocycles. The van der Waals surface area contributed by atoms with E-state index in [9.17, 15) is 4.79 Å². The summed E-state index contributed by atoms with van der Waals surface area (Å²) in [6.07, 6.45) is 10.6. The van der Waals surface area contributed by atoms with Crippen molar-refractivity contribution in [1.29, 1.82) is 0 Å². The molecule has 2 aliphatic rings. The second kappa shape index (κ2) is 9.67. The number of carbonyl (C=O) groups is 1. The van der Waals surface area contributed by atoms with Crippen LogP contribution in [0.4, 0.5) is 5.95 Å². The minimum absolute atomic E-state index is 0.00135. The van der Waals surface area contributed by atoms with Crippen LogP contribution in [0.3, 0.4) is 0 Å². The highest BCUT2D eigenvalue weighted by Gasteiger charge is 2.33. The first kappa shape index (κ1) is 21.6. The molecule has 6 heteroatoms. The quantitative estimate of drug-likeness (QED) is 0.666. The van der Waals surface area contributed by atoms with Gasteiger partial charge in [0.25, 0.3) is 0 Å². The number of rotatable bonds is 6. The van der Waals surface area contributed by atoms with Crippen molar-refractivity contribution >= 4 is 11.9 Å². The van der Waals surface area contributed by atoms with Crippen LogP contribution in [0.25, 0.3) is 11.1 Å². The van der Waals surface area contributed by atoms with Crippen LogP contribution in [0, 0.1) is 5.92 Å². The Bertz CT molecular complexity index is 891. The van der Waals surface area contributed by atoms with E-state index in [1.165, 1.54) is 25.7 Å². The van der Waals surface area contributed by atoms with E-state index in [0.29, 0.717) is 24.2 Å². The van der Waals surface area contributed by atoms with Gasteiger partial charge in [-0.25, -0.2) is 9.97 Å². The molecule has 4 rings (SSSR count). The third kappa shape index (κ3) is 4.83. The Morgan fingerprint density at radius 1 is 1.10 bits per heavy atom. The third-order valence-electron chi connectivity index (χ3n) is 6.68. The maximum atomic E-state index is 13.3. The molecule has 0 radical (unpaired) electrons. The van der Waals surface area contributed by atoms with Crippen molar-refractivity contribution in [2.75, 3.05) is 32.6 Å². The summed E-state index contributed by atoms with van der Waals surface area (Å²) in [5.74, 6) is 2.35. The predicted octanol–water partition coefficient (Wildman–Crippen LogP) is 4.85. The lowest BCUT2D eigenvalue weighted by Crippen LogP contribution is -2.40. The van der Waals surface area contributed by atoms with Crippen LogP contribution in [0.5, 0.6) is 5.75 Å². The fraction of sp³-hybridized carbons (Fsp3) is 0.560. The van der Waals surface area contributed by atoms with Crippen molar-refractivity contribution in [3.63, 3.8) is 0 Å². The van der Waals surface area contributed by atoms with Crippen molar-refractivity contribution < 1.29 is 9.53 Å². The topological polar surface area (TPSA) is 58.6 Å². The molecule has 2 aromatic rings. The van der Waals surface area contributed by atoms with Gasteiger partial charge >= 0.3 is 0 Å². The largest absolute Gasteiger partial charge is 0.497 e.